The molecule has 2 heterocycles. The lowest BCUT2D eigenvalue weighted by Gasteiger charge is -2.29. The third-order valence-electron chi connectivity index (χ3n) is 5.22. The number of fused-ring (bicyclic) bond motifs is 1. The Balaban J connectivity index is 1.51. The Morgan fingerprint density at radius 3 is 2.59 bits per heavy atom. The van der Waals surface area contributed by atoms with E-state index in [1.54, 1.807) is 12.3 Å². The first-order valence-electron chi connectivity index (χ1n) is 9.28. The number of benzene rings is 2. The normalized spacial score (nSPS) is 15.7. The summed E-state index contributed by atoms with van der Waals surface area (Å²) in [4.78, 5) is 19.0. The van der Waals surface area contributed by atoms with Crippen molar-refractivity contribution in [2.75, 3.05) is 20.1 Å². The SMILES string of the molecule is CN1CCC(NC(=O)c2ccc(-c3cc(O)c4ncccc4c3)cc2)CC1. The molecule has 138 valence electrons. The molecule has 1 aromatic heterocycles. The van der Waals surface area contributed by atoms with Crippen LogP contribution in [0.2, 0.25) is 0 Å². The topological polar surface area (TPSA) is 65.5 Å². The van der Waals surface area contributed by atoms with Gasteiger partial charge >= 0.3 is 0 Å². The summed E-state index contributed by atoms with van der Waals surface area (Å²) in [7, 11) is 2.11. The zero-order chi connectivity index (χ0) is 18.8. The van der Waals surface area contributed by atoms with Crippen molar-refractivity contribution in [3.63, 3.8) is 0 Å². The summed E-state index contributed by atoms with van der Waals surface area (Å²) in [5.41, 5.74) is 3.10. The van der Waals surface area contributed by atoms with Gasteiger partial charge in [0.25, 0.3) is 5.91 Å². The lowest BCUT2D eigenvalue weighted by atomic mass is 10.0. The smallest absolute Gasteiger partial charge is 0.251 e. The first kappa shape index (κ1) is 17.5. The van der Waals surface area contributed by atoms with Crippen LogP contribution in [0.3, 0.4) is 0 Å². The Kier molecular flexibility index (Phi) is 4.77. The maximum Gasteiger partial charge on any atom is 0.251 e. The lowest BCUT2D eigenvalue weighted by molar-refractivity contribution is 0.0917. The van der Waals surface area contributed by atoms with Gasteiger partial charge in [0.15, 0.2) is 0 Å². The van der Waals surface area contributed by atoms with Crippen LogP contribution in [0.1, 0.15) is 23.2 Å². The van der Waals surface area contributed by atoms with Gasteiger partial charge in [-0.05, 0) is 74.4 Å². The summed E-state index contributed by atoms with van der Waals surface area (Å²) in [5.74, 6) is 0.133. The molecular formula is C22H23N3O2. The second-order valence-electron chi connectivity index (χ2n) is 7.20. The molecule has 2 N–H and O–H groups in total. The average molecular weight is 361 g/mol. The number of hydrogen-bond acceptors (Lipinski definition) is 4. The zero-order valence-electron chi connectivity index (χ0n) is 15.4. The van der Waals surface area contributed by atoms with Gasteiger partial charge in [0.2, 0.25) is 0 Å². The van der Waals surface area contributed by atoms with Crippen LogP contribution in [0.25, 0.3) is 22.0 Å². The zero-order valence-corrected chi connectivity index (χ0v) is 15.4. The first-order valence-corrected chi connectivity index (χ1v) is 9.28. The van der Waals surface area contributed by atoms with Crippen LogP contribution >= 0.6 is 0 Å². The second kappa shape index (κ2) is 7.37. The number of phenols is 1. The summed E-state index contributed by atoms with van der Waals surface area (Å²) in [6, 6.07) is 15.2. The first-order chi connectivity index (χ1) is 13.1. The number of piperidine rings is 1. The molecule has 5 nitrogen and oxygen atoms in total. The van der Waals surface area contributed by atoms with Gasteiger partial charge in [-0.15, -0.1) is 0 Å². The molecule has 1 saturated heterocycles. The number of aromatic hydroxyl groups is 1. The van der Waals surface area contributed by atoms with E-state index < -0.39 is 0 Å². The van der Waals surface area contributed by atoms with E-state index in [0.29, 0.717) is 11.1 Å². The quantitative estimate of drug-likeness (QED) is 0.750. The highest BCUT2D eigenvalue weighted by Crippen LogP contribution is 2.30. The van der Waals surface area contributed by atoms with Gasteiger partial charge in [0.1, 0.15) is 11.3 Å². The molecule has 0 radical (unpaired) electrons. The van der Waals surface area contributed by atoms with Gasteiger partial charge in [0, 0.05) is 23.2 Å². The Morgan fingerprint density at radius 1 is 1.11 bits per heavy atom. The van der Waals surface area contributed by atoms with Crippen molar-refractivity contribution in [2.24, 2.45) is 0 Å². The number of rotatable bonds is 3. The van der Waals surface area contributed by atoms with Gasteiger partial charge in [0.05, 0.1) is 0 Å². The van der Waals surface area contributed by atoms with Crippen molar-refractivity contribution < 1.29 is 9.90 Å². The van der Waals surface area contributed by atoms with Crippen LogP contribution < -0.4 is 5.32 Å². The molecular weight excluding hydrogens is 338 g/mol. The highest BCUT2D eigenvalue weighted by atomic mass is 16.3. The van der Waals surface area contributed by atoms with Crippen molar-refractivity contribution in [1.82, 2.24) is 15.2 Å². The number of carbonyl (C=O) groups excluding carboxylic acids is 1. The van der Waals surface area contributed by atoms with Gasteiger partial charge in [-0.1, -0.05) is 18.2 Å². The number of aromatic nitrogens is 1. The molecule has 0 atom stereocenters. The van der Waals surface area contributed by atoms with E-state index in [9.17, 15) is 9.90 Å². The minimum atomic E-state index is -0.0262. The molecule has 0 bridgehead atoms. The highest BCUT2D eigenvalue weighted by molar-refractivity contribution is 5.95. The van der Waals surface area contributed by atoms with Crippen LogP contribution in [-0.4, -0.2) is 47.1 Å². The number of nitrogens with zero attached hydrogens (tertiary/aromatic N) is 2. The molecule has 0 unspecified atom stereocenters. The number of amides is 1. The van der Waals surface area contributed by atoms with Crippen molar-refractivity contribution in [2.45, 2.75) is 18.9 Å². The third kappa shape index (κ3) is 3.78. The van der Waals surface area contributed by atoms with Crippen LogP contribution in [0.5, 0.6) is 5.75 Å². The summed E-state index contributed by atoms with van der Waals surface area (Å²) in [6.45, 7) is 2.04. The fraction of sp³-hybridized carbons (Fsp3) is 0.273. The van der Waals surface area contributed by atoms with Gasteiger partial charge in [-0.25, -0.2) is 0 Å². The van der Waals surface area contributed by atoms with Gasteiger partial charge in [-0.3, -0.25) is 9.78 Å². The van der Waals surface area contributed by atoms with Gasteiger partial charge < -0.3 is 15.3 Å². The number of likely N-dealkylation sites (tertiary alicyclic amines) is 1. The van der Waals surface area contributed by atoms with E-state index in [1.165, 1.54) is 0 Å². The molecule has 1 aliphatic heterocycles. The van der Waals surface area contributed by atoms with Crippen molar-refractivity contribution >= 4 is 16.8 Å². The fourth-order valence-electron chi connectivity index (χ4n) is 3.58. The highest BCUT2D eigenvalue weighted by Gasteiger charge is 2.19. The number of carbonyl (C=O) groups is 1. The predicted octanol–water partition coefficient (Wildman–Crippen LogP) is 3.43. The molecule has 27 heavy (non-hydrogen) atoms. The molecule has 1 amide bonds. The lowest BCUT2D eigenvalue weighted by Crippen LogP contribution is -2.43. The Hall–Kier alpha value is -2.92. The van der Waals surface area contributed by atoms with E-state index in [1.807, 2.05) is 42.5 Å². The van der Waals surface area contributed by atoms with Crippen LogP contribution in [0.4, 0.5) is 0 Å². The predicted molar refractivity (Wildman–Crippen MR) is 107 cm³/mol. The molecule has 1 fully saturated rings. The molecule has 0 aliphatic carbocycles. The number of nitrogens with one attached hydrogen (secondary N) is 1. The van der Waals surface area contributed by atoms with Gasteiger partial charge in [-0.2, -0.15) is 0 Å². The van der Waals surface area contributed by atoms with Crippen LogP contribution in [0.15, 0.2) is 54.7 Å². The standard InChI is InChI=1S/C22H23N3O2/c1-25-11-8-19(9-12-25)24-22(27)16-6-4-15(5-7-16)18-13-17-3-2-10-23-21(17)20(26)14-18/h2-7,10,13-14,19,26H,8-9,11-12H2,1H3,(H,24,27). The maximum atomic E-state index is 12.5. The number of pyridine rings is 1. The van der Waals surface area contributed by atoms with E-state index >= 15 is 0 Å². The van der Waals surface area contributed by atoms with Crippen LogP contribution in [0, 0.1) is 0 Å². The molecule has 3 aromatic rings. The minimum Gasteiger partial charge on any atom is -0.506 e. The molecule has 5 heteroatoms. The summed E-state index contributed by atoms with van der Waals surface area (Å²) in [6.07, 6.45) is 3.65. The third-order valence-corrected chi connectivity index (χ3v) is 5.22. The van der Waals surface area contributed by atoms with E-state index in [2.05, 4.69) is 22.2 Å². The summed E-state index contributed by atoms with van der Waals surface area (Å²) >= 11 is 0. The van der Waals surface area contributed by atoms with E-state index in [0.717, 1.165) is 42.4 Å². The second-order valence-corrected chi connectivity index (χ2v) is 7.20. The summed E-state index contributed by atoms with van der Waals surface area (Å²) in [5, 5.41) is 14.2. The Morgan fingerprint density at radius 2 is 1.85 bits per heavy atom. The Bertz CT molecular complexity index is 961. The van der Waals surface area contributed by atoms with Crippen molar-refractivity contribution in [3.05, 3.63) is 60.3 Å². The Labute approximate surface area is 158 Å². The molecule has 1 aliphatic rings. The minimum absolute atomic E-state index is 0.0262. The molecule has 2 aromatic carbocycles. The van der Waals surface area contributed by atoms with Crippen LogP contribution in [-0.2, 0) is 0 Å². The number of hydrogen-bond donors (Lipinski definition) is 2. The molecule has 0 spiro atoms. The van der Waals surface area contributed by atoms with E-state index in [4.69, 9.17) is 0 Å². The van der Waals surface area contributed by atoms with Crippen molar-refractivity contribution in [3.8, 4) is 16.9 Å². The van der Waals surface area contributed by atoms with Crippen molar-refractivity contribution in [1.29, 1.82) is 0 Å². The summed E-state index contributed by atoms with van der Waals surface area (Å²) < 4.78 is 0. The monoisotopic (exact) mass is 361 g/mol. The molecule has 4 rings (SSSR count). The fourth-order valence-corrected chi connectivity index (χ4v) is 3.58. The van der Waals surface area contributed by atoms with E-state index in [-0.39, 0.29) is 17.7 Å². The largest absolute Gasteiger partial charge is 0.506 e. The maximum absolute atomic E-state index is 12.5. The average Bonchev–Trinajstić information content (AvgIpc) is 2.70. The number of phenolic OH excluding ortho intramolecular Hbond substituents is 1. The molecule has 0 saturated carbocycles.